The van der Waals surface area contributed by atoms with Gasteiger partial charge in [0.15, 0.2) is 5.69 Å². The van der Waals surface area contributed by atoms with Crippen molar-refractivity contribution in [1.29, 1.82) is 0 Å². The van der Waals surface area contributed by atoms with Crippen LogP contribution in [-0.4, -0.2) is 15.7 Å². The van der Waals surface area contributed by atoms with Crippen molar-refractivity contribution in [1.82, 2.24) is 9.78 Å². The molecular formula is C17H14FN3OS. The van der Waals surface area contributed by atoms with Crippen LogP contribution >= 0.6 is 11.3 Å². The average Bonchev–Trinajstić information content (AvgIpc) is 3.13. The van der Waals surface area contributed by atoms with Crippen molar-refractivity contribution in [3.8, 4) is 11.3 Å². The quantitative estimate of drug-likeness (QED) is 0.781. The molecule has 0 bridgehead atoms. The predicted molar refractivity (Wildman–Crippen MR) is 88.3 cm³/mol. The monoisotopic (exact) mass is 327 g/mol. The summed E-state index contributed by atoms with van der Waals surface area (Å²) in [6.07, 6.45) is 1.74. The highest BCUT2D eigenvalue weighted by molar-refractivity contribution is 7.10. The lowest BCUT2D eigenvalue weighted by Gasteiger charge is -2.13. The molecule has 3 aromatic rings. The fourth-order valence-corrected chi connectivity index (χ4v) is 3.91. The molecule has 4 rings (SSSR count). The second kappa shape index (κ2) is 5.31. The van der Waals surface area contributed by atoms with Crippen molar-refractivity contribution in [2.24, 2.45) is 7.05 Å². The van der Waals surface area contributed by atoms with Gasteiger partial charge in [-0.3, -0.25) is 9.48 Å². The summed E-state index contributed by atoms with van der Waals surface area (Å²) >= 11 is 1.74. The number of nitrogens with one attached hydrogen (secondary N) is 1. The van der Waals surface area contributed by atoms with E-state index in [9.17, 15) is 9.18 Å². The van der Waals surface area contributed by atoms with Crippen LogP contribution < -0.4 is 5.32 Å². The minimum Gasteiger partial charge on any atom is -0.321 e. The zero-order valence-electron chi connectivity index (χ0n) is 12.5. The summed E-state index contributed by atoms with van der Waals surface area (Å²) in [5, 5.41) is 9.28. The number of aromatic nitrogens is 2. The molecule has 1 aromatic carbocycles. The van der Waals surface area contributed by atoms with E-state index >= 15 is 0 Å². The van der Waals surface area contributed by atoms with Crippen molar-refractivity contribution in [3.63, 3.8) is 0 Å². The molecule has 6 heteroatoms. The van der Waals surface area contributed by atoms with Crippen LogP contribution in [0.5, 0.6) is 0 Å². The number of hydrogen-bond acceptors (Lipinski definition) is 3. The van der Waals surface area contributed by atoms with Crippen LogP contribution in [-0.2, 0) is 19.9 Å². The Kier molecular flexibility index (Phi) is 3.27. The lowest BCUT2D eigenvalue weighted by molar-refractivity contribution is 0.102. The van der Waals surface area contributed by atoms with E-state index in [4.69, 9.17) is 0 Å². The number of benzene rings is 1. The molecule has 2 aromatic heterocycles. The Morgan fingerprint density at radius 1 is 1.26 bits per heavy atom. The van der Waals surface area contributed by atoms with Gasteiger partial charge >= 0.3 is 0 Å². The van der Waals surface area contributed by atoms with Crippen LogP contribution in [0, 0.1) is 5.82 Å². The molecule has 1 aliphatic carbocycles. The van der Waals surface area contributed by atoms with E-state index in [0.717, 1.165) is 24.1 Å². The topological polar surface area (TPSA) is 46.9 Å². The highest BCUT2D eigenvalue weighted by atomic mass is 32.1. The van der Waals surface area contributed by atoms with Crippen molar-refractivity contribution in [2.45, 2.75) is 12.8 Å². The van der Waals surface area contributed by atoms with Crippen LogP contribution in [0.15, 0.2) is 35.7 Å². The van der Waals surface area contributed by atoms with Gasteiger partial charge in [0.25, 0.3) is 5.91 Å². The third kappa shape index (κ3) is 2.35. The maximum atomic E-state index is 13.0. The number of thiophene rings is 1. The molecule has 1 N–H and O–H groups in total. The van der Waals surface area contributed by atoms with E-state index in [1.54, 1.807) is 28.2 Å². The molecule has 116 valence electrons. The number of anilines is 1. The van der Waals surface area contributed by atoms with Gasteiger partial charge in [-0.2, -0.15) is 5.10 Å². The largest absolute Gasteiger partial charge is 0.321 e. The number of carbonyl (C=O) groups is 1. The van der Waals surface area contributed by atoms with Crippen molar-refractivity contribution >= 4 is 22.9 Å². The Bertz CT molecular complexity index is 895. The Morgan fingerprint density at radius 2 is 2.04 bits per heavy atom. The molecule has 1 amide bonds. The number of nitrogens with zero attached hydrogens (tertiary/aromatic N) is 2. The zero-order chi connectivity index (χ0) is 16.0. The molecule has 0 saturated carbocycles. The smallest absolute Gasteiger partial charge is 0.276 e. The highest BCUT2D eigenvalue weighted by Gasteiger charge is 2.27. The van der Waals surface area contributed by atoms with Crippen LogP contribution in [0.4, 0.5) is 10.1 Å². The second-order valence-corrected chi connectivity index (χ2v) is 6.52. The first-order valence-corrected chi connectivity index (χ1v) is 8.21. The summed E-state index contributed by atoms with van der Waals surface area (Å²) in [4.78, 5) is 13.9. The van der Waals surface area contributed by atoms with Gasteiger partial charge in [0.1, 0.15) is 5.82 Å². The van der Waals surface area contributed by atoms with Crippen molar-refractivity contribution < 1.29 is 9.18 Å². The minimum absolute atomic E-state index is 0.257. The summed E-state index contributed by atoms with van der Waals surface area (Å²) in [5.74, 6) is -0.588. The number of aryl methyl sites for hydroxylation is 2. The van der Waals surface area contributed by atoms with Gasteiger partial charge < -0.3 is 5.32 Å². The first-order chi connectivity index (χ1) is 11.1. The van der Waals surface area contributed by atoms with E-state index in [-0.39, 0.29) is 11.7 Å². The van der Waals surface area contributed by atoms with Gasteiger partial charge in [-0.05, 0) is 48.6 Å². The molecule has 23 heavy (non-hydrogen) atoms. The van der Waals surface area contributed by atoms with Crippen LogP contribution in [0.3, 0.4) is 0 Å². The van der Waals surface area contributed by atoms with Crippen molar-refractivity contribution in [3.05, 3.63) is 57.7 Å². The summed E-state index contributed by atoms with van der Waals surface area (Å²) in [6.45, 7) is 0. The molecule has 4 nitrogen and oxygen atoms in total. The highest BCUT2D eigenvalue weighted by Crippen LogP contribution is 2.37. The zero-order valence-corrected chi connectivity index (χ0v) is 13.3. The number of amides is 1. The number of halogens is 1. The lowest BCUT2D eigenvalue weighted by atomic mass is 9.94. The summed E-state index contributed by atoms with van der Waals surface area (Å²) in [7, 11) is 1.86. The molecule has 0 saturated heterocycles. The molecule has 0 unspecified atom stereocenters. The number of rotatable bonds is 2. The van der Waals surface area contributed by atoms with Gasteiger partial charge in [0, 0.05) is 28.7 Å². The molecule has 0 spiro atoms. The van der Waals surface area contributed by atoms with Crippen LogP contribution in [0.1, 0.15) is 20.9 Å². The number of fused-ring (bicyclic) bond motifs is 3. The second-order valence-electron chi connectivity index (χ2n) is 5.52. The van der Waals surface area contributed by atoms with Crippen LogP contribution in [0.25, 0.3) is 11.3 Å². The standard InChI is InChI=1S/C17H14FN3OS/c1-21-16-12-8-9-23-14(12)7-6-13(16)15(20-21)17(22)19-11-4-2-10(18)3-5-11/h2-5,8-9H,6-7H2,1H3,(H,19,22). The summed E-state index contributed by atoms with van der Waals surface area (Å²) in [5.41, 5.74) is 4.19. The van der Waals surface area contributed by atoms with E-state index in [2.05, 4.69) is 21.9 Å². The van der Waals surface area contributed by atoms with E-state index in [1.807, 2.05) is 7.05 Å². The fourth-order valence-electron chi connectivity index (χ4n) is 3.03. The summed E-state index contributed by atoms with van der Waals surface area (Å²) in [6, 6.07) is 7.81. The van der Waals surface area contributed by atoms with E-state index < -0.39 is 0 Å². The maximum Gasteiger partial charge on any atom is 0.276 e. The van der Waals surface area contributed by atoms with E-state index in [0.29, 0.717) is 11.4 Å². The molecule has 0 aliphatic heterocycles. The third-order valence-corrected chi connectivity index (χ3v) is 5.05. The first-order valence-electron chi connectivity index (χ1n) is 7.33. The Morgan fingerprint density at radius 3 is 2.83 bits per heavy atom. The van der Waals surface area contributed by atoms with Gasteiger partial charge in [-0.25, -0.2) is 4.39 Å². The Hall–Kier alpha value is -2.47. The number of hydrogen-bond donors (Lipinski definition) is 1. The van der Waals surface area contributed by atoms with Crippen molar-refractivity contribution in [2.75, 3.05) is 5.32 Å². The van der Waals surface area contributed by atoms with Gasteiger partial charge in [0.2, 0.25) is 0 Å². The molecular weight excluding hydrogens is 313 g/mol. The molecule has 0 radical (unpaired) electrons. The summed E-state index contributed by atoms with van der Waals surface area (Å²) < 4.78 is 14.7. The van der Waals surface area contributed by atoms with Crippen LogP contribution in [0.2, 0.25) is 0 Å². The first kappa shape index (κ1) is 14.1. The normalized spacial score (nSPS) is 12.6. The molecule has 0 fully saturated rings. The van der Waals surface area contributed by atoms with Gasteiger partial charge in [-0.15, -0.1) is 11.3 Å². The molecule has 1 aliphatic rings. The maximum absolute atomic E-state index is 13.0. The lowest BCUT2D eigenvalue weighted by Crippen LogP contribution is -2.15. The Labute approximate surface area is 136 Å². The SMILES string of the molecule is Cn1nc(C(=O)Nc2ccc(F)cc2)c2c1-c1ccsc1CC2. The fraction of sp³-hybridized carbons (Fsp3) is 0.176. The predicted octanol–water partition coefficient (Wildman–Crippen LogP) is 3.64. The number of carbonyl (C=O) groups excluding carboxylic acids is 1. The molecule has 2 heterocycles. The average molecular weight is 327 g/mol. The van der Waals surface area contributed by atoms with Gasteiger partial charge in [0.05, 0.1) is 5.69 Å². The van der Waals surface area contributed by atoms with E-state index in [1.165, 1.54) is 22.6 Å². The Balaban J connectivity index is 1.70. The minimum atomic E-state index is -0.330. The third-order valence-electron chi connectivity index (χ3n) is 4.07. The molecule has 0 atom stereocenters. The van der Waals surface area contributed by atoms with Gasteiger partial charge in [-0.1, -0.05) is 0 Å².